The summed E-state index contributed by atoms with van der Waals surface area (Å²) in [6, 6.07) is 0.669. The van der Waals surface area contributed by atoms with Gasteiger partial charge in [-0.3, -0.25) is 5.32 Å². The predicted molar refractivity (Wildman–Crippen MR) is 107 cm³/mol. The molecule has 1 aliphatic heterocycles. The van der Waals surface area contributed by atoms with Crippen molar-refractivity contribution in [2.45, 2.75) is 79.4 Å². The Morgan fingerprint density at radius 1 is 0.917 bits per heavy atom. The number of rotatable bonds is 4. The van der Waals surface area contributed by atoms with Crippen molar-refractivity contribution in [1.82, 2.24) is 20.6 Å². The standard InChI is InChI=1S/C9H20N2.C9H16N2.2B/c2*1-6(2)8-5-10-9(11-8)7(3)4;;/h6-11H,5H2,1-4H3;5-7H,1-4H3,(H,10,11);;. The van der Waals surface area contributed by atoms with E-state index in [0.29, 0.717) is 30.0 Å². The Balaban J connectivity index is 0. The molecule has 0 aromatic carbocycles. The van der Waals surface area contributed by atoms with Gasteiger partial charge in [0.15, 0.2) is 0 Å². The second kappa shape index (κ2) is 11.8. The van der Waals surface area contributed by atoms with Crippen LogP contribution in [-0.4, -0.2) is 45.5 Å². The molecule has 6 heteroatoms. The molecule has 6 radical (unpaired) electrons. The van der Waals surface area contributed by atoms with E-state index >= 15 is 0 Å². The lowest BCUT2D eigenvalue weighted by Gasteiger charge is -2.18. The van der Waals surface area contributed by atoms with E-state index in [1.54, 1.807) is 0 Å². The number of hydrogen-bond acceptors (Lipinski definition) is 3. The lowest BCUT2D eigenvalue weighted by Crippen LogP contribution is -2.39. The van der Waals surface area contributed by atoms with Gasteiger partial charge in [-0.25, -0.2) is 4.98 Å². The van der Waals surface area contributed by atoms with Crippen molar-refractivity contribution in [3.8, 4) is 0 Å². The van der Waals surface area contributed by atoms with Gasteiger partial charge in [0.25, 0.3) is 0 Å². The minimum absolute atomic E-state index is 0. The molecule has 1 aromatic rings. The highest BCUT2D eigenvalue weighted by Gasteiger charge is 2.26. The Bertz CT molecular complexity index is 394. The van der Waals surface area contributed by atoms with Gasteiger partial charge in [0.1, 0.15) is 5.82 Å². The molecule has 2 atom stereocenters. The molecule has 24 heavy (non-hydrogen) atoms. The lowest BCUT2D eigenvalue weighted by molar-refractivity contribution is 0.377. The maximum atomic E-state index is 4.28. The molecule has 1 fully saturated rings. The van der Waals surface area contributed by atoms with Crippen molar-refractivity contribution in [3.05, 3.63) is 17.7 Å². The van der Waals surface area contributed by atoms with Crippen LogP contribution in [0.15, 0.2) is 6.20 Å². The minimum atomic E-state index is 0. The summed E-state index contributed by atoms with van der Waals surface area (Å²) in [5, 5.41) is 7.06. The summed E-state index contributed by atoms with van der Waals surface area (Å²) in [7, 11) is 0. The number of aromatic amines is 1. The molecule has 0 spiro atoms. The molecule has 1 saturated heterocycles. The number of hydrogen-bond donors (Lipinski definition) is 3. The van der Waals surface area contributed by atoms with Crippen molar-refractivity contribution in [2.75, 3.05) is 6.54 Å². The molecule has 0 saturated carbocycles. The minimum Gasteiger partial charge on any atom is -0.345 e. The van der Waals surface area contributed by atoms with Crippen LogP contribution in [0, 0.1) is 11.8 Å². The molecule has 0 amide bonds. The van der Waals surface area contributed by atoms with E-state index in [-0.39, 0.29) is 16.8 Å². The van der Waals surface area contributed by atoms with Crippen molar-refractivity contribution >= 4 is 16.8 Å². The maximum absolute atomic E-state index is 4.28. The van der Waals surface area contributed by atoms with Crippen molar-refractivity contribution in [2.24, 2.45) is 11.8 Å². The first-order valence-corrected chi connectivity index (χ1v) is 8.76. The fourth-order valence-corrected chi connectivity index (χ4v) is 2.40. The van der Waals surface area contributed by atoms with Gasteiger partial charge in [-0.15, -0.1) is 0 Å². The first-order valence-electron chi connectivity index (χ1n) is 8.76. The van der Waals surface area contributed by atoms with Gasteiger partial charge in [0.2, 0.25) is 0 Å². The largest absolute Gasteiger partial charge is 0.345 e. The quantitative estimate of drug-likeness (QED) is 0.744. The van der Waals surface area contributed by atoms with Crippen LogP contribution in [0.4, 0.5) is 0 Å². The van der Waals surface area contributed by atoms with Crippen LogP contribution in [0.1, 0.15) is 78.7 Å². The average Bonchev–Trinajstić information content (AvgIpc) is 3.09. The highest BCUT2D eigenvalue weighted by atomic mass is 15.2. The monoisotopic (exact) mass is 330 g/mol. The Morgan fingerprint density at radius 3 is 1.75 bits per heavy atom. The number of nitrogens with one attached hydrogen (secondary N) is 3. The third kappa shape index (κ3) is 7.89. The molecule has 2 rings (SSSR count). The fourth-order valence-electron chi connectivity index (χ4n) is 2.40. The van der Waals surface area contributed by atoms with Gasteiger partial charge < -0.3 is 10.3 Å². The van der Waals surface area contributed by atoms with Crippen LogP contribution in [0.25, 0.3) is 0 Å². The summed E-state index contributed by atoms with van der Waals surface area (Å²) in [6.45, 7) is 18.8. The van der Waals surface area contributed by atoms with Gasteiger partial charge >= 0.3 is 0 Å². The molecule has 134 valence electrons. The number of imidazole rings is 1. The van der Waals surface area contributed by atoms with Gasteiger partial charge in [-0.2, -0.15) is 0 Å². The number of nitrogens with zero attached hydrogens (tertiary/aromatic N) is 1. The Morgan fingerprint density at radius 2 is 1.50 bits per heavy atom. The van der Waals surface area contributed by atoms with E-state index < -0.39 is 0 Å². The second-order valence-electron chi connectivity index (χ2n) is 7.68. The number of aromatic nitrogens is 2. The summed E-state index contributed by atoms with van der Waals surface area (Å²) in [6.07, 6.45) is 2.46. The lowest BCUT2D eigenvalue weighted by atomic mass is 10.1. The van der Waals surface area contributed by atoms with Crippen molar-refractivity contribution in [1.29, 1.82) is 0 Å². The van der Waals surface area contributed by atoms with Gasteiger partial charge in [-0.1, -0.05) is 55.4 Å². The van der Waals surface area contributed by atoms with E-state index in [0.717, 1.165) is 18.3 Å². The van der Waals surface area contributed by atoms with Gasteiger partial charge in [0, 0.05) is 47.2 Å². The van der Waals surface area contributed by atoms with E-state index in [2.05, 4.69) is 76.0 Å². The van der Waals surface area contributed by atoms with Crippen LogP contribution in [0.2, 0.25) is 0 Å². The zero-order valence-corrected chi connectivity index (χ0v) is 16.9. The van der Waals surface area contributed by atoms with Gasteiger partial charge in [0.05, 0.1) is 6.17 Å². The zero-order valence-electron chi connectivity index (χ0n) is 16.9. The smallest absolute Gasteiger partial charge is 0.108 e. The van der Waals surface area contributed by atoms with Crippen LogP contribution >= 0.6 is 0 Å². The molecule has 4 nitrogen and oxygen atoms in total. The summed E-state index contributed by atoms with van der Waals surface area (Å²) in [4.78, 5) is 7.58. The molecule has 0 aliphatic carbocycles. The van der Waals surface area contributed by atoms with E-state index in [1.807, 2.05) is 6.20 Å². The first-order chi connectivity index (χ1) is 10.2. The highest BCUT2D eigenvalue weighted by Crippen LogP contribution is 2.15. The Kier molecular flexibility index (Phi) is 12.5. The van der Waals surface area contributed by atoms with Gasteiger partial charge in [-0.05, 0) is 17.8 Å². The summed E-state index contributed by atoms with van der Waals surface area (Å²) >= 11 is 0. The maximum Gasteiger partial charge on any atom is 0.108 e. The first kappa shape index (κ1) is 25.5. The highest BCUT2D eigenvalue weighted by molar-refractivity contribution is 5.76. The van der Waals surface area contributed by atoms with Crippen molar-refractivity contribution in [3.63, 3.8) is 0 Å². The predicted octanol–water partition coefficient (Wildman–Crippen LogP) is 3.08. The van der Waals surface area contributed by atoms with Crippen LogP contribution in [-0.2, 0) is 0 Å². The molecule has 2 unspecified atom stereocenters. The van der Waals surface area contributed by atoms with Crippen LogP contribution < -0.4 is 10.6 Å². The molecule has 2 heterocycles. The van der Waals surface area contributed by atoms with Crippen molar-refractivity contribution < 1.29 is 0 Å². The average molecular weight is 330 g/mol. The summed E-state index contributed by atoms with van der Waals surface area (Å²) < 4.78 is 0. The van der Waals surface area contributed by atoms with E-state index in [1.165, 1.54) is 5.69 Å². The Labute approximate surface area is 153 Å². The third-order valence-electron chi connectivity index (χ3n) is 4.21. The molecule has 0 bridgehead atoms. The third-order valence-corrected chi connectivity index (χ3v) is 4.21. The summed E-state index contributed by atoms with van der Waals surface area (Å²) in [5.41, 5.74) is 1.23. The SMILES string of the molecule is CC(C)C1CNC(C(C)C)N1.CC(C)c1cnc(C(C)C)[nH]1.[B].[B]. The number of H-pyrrole nitrogens is 1. The molecule has 1 aliphatic rings. The zero-order chi connectivity index (χ0) is 16.9. The van der Waals surface area contributed by atoms with Crippen LogP contribution in [0.5, 0.6) is 0 Å². The molecule has 3 N–H and O–H groups in total. The molecular formula is C18H36B2N4. The Hall–Kier alpha value is -0.740. The van der Waals surface area contributed by atoms with E-state index in [9.17, 15) is 0 Å². The fraction of sp³-hybridized carbons (Fsp3) is 0.833. The molecule has 1 aromatic heterocycles. The normalized spacial score (nSPS) is 20.0. The topological polar surface area (TPSA) is 52.7 Å². The van der Waals surface area contributed by atoms with Crippen LogP contribution in [0.3, 0.4) is 0 Å². The second-order valence-corrected chi connectivity index (χ2v) is 7.68. The van der Waals surface area contributed by atoms with E-state index in [4.69, 9.17) is 0 Å². The summed E-state index contributed by atoms with van der Waals surface area (Å²) in [5.74, 6) is 3.58. The molecular weight excluding hydrogens is 294 g/mol.